The highest BCUT2D eigenvalue weighted by Gasteiger charge is 2.33. The summed E-state index contributed by atoms with van der Waals surface area (Å²) >= 11 is 9.96. The Morgan fingerprint density at radius 2 is 1.79 bits per heavy atom. The van der Waals surface area contributed by atoms with Gasteiger partial charge in [-0.15, -0.1) is 12.4 Å². The van der Waals surface area contributed by atoms with Gasteiger partial charge in [0.1, 0.15) is 10.8 Å². The van der Waals surface area contributed by atoms with Crippen molar-refractivity contribution in [3.8, 4) is 0 Å². The second-order valence-electron chi connectivity index (χ2n) is 9.30. The van der Waals surface area contributed by atoms with Gasteiger partial charge in [-0.25, -0.2) is 9.78 Å². The number of aryl methyl sites for hydroxylation is 1. The van der Waals surface area contributed by atoms with Crippen LogP contribution in [0.4, 0.5) is 0 Å². The van der Waals surface area contributed by atoms with E-state index in [0.717, 1.165) is 10.0 Å². The van der Waals surface area contributed by atoms with Crippen LogP contribution >= 0.6 is 39.9 Å². The van der Waals surface area contributed by atoms with Crippen LogP contribution in [0.1, 0.15) is 53.7 Å². The highest BCUT2D eigenvalue weighted by atomic mass is 79.9. The standard InChI is InChI=1S/C27H30BrClN6O2.ClH/c1-17(2)23(33(15-7-14-30)26(36)20-10-12-21(28)13-11-20)25-31-24-22(29)18(3)32-35(24)27(37)34(25)16-19-8-5-4-6-9-19;/h4-6,8-13,17,23H,7,14-16,30H2,1-3H3;1H. The maximum atomic E-state index is 13.9. The van der Waals surface area contributed by atoms with Crippen molar-refractivity contribution in [1.82, 2.24) is 24.1 Å². The molecule has 1 atom stereocenters. The first-order valence-electron chi connectivity index (χ1n) is 12.2. The molecule has 8 nitrogen and oxygen atoms in total. The average Bonchev–Trinajstić information content (AvgIpc) is 3.17. The maximum Gasteiger partial charge on any atom is 0.352 e. The van der Waals surface area contributed by atoms with Crippen LogP contribution in [0.15, 0.2) is 63.9 Å². The average molecular weight is 622 g/mol. The normalized spacial score (nSPS) is 12.0. The molecule has 0 spiro atoms. The number of fused-ring (bicyclic) bond motifs is 1. The molecule has 1 amide bonds. The van der Waals surface area contributed by atoms with Gasteiger partial charge in [0.05, 0.1) is 18.3 Å². The number of hydrogen-bond donors (Lipinski definition) is 1. The first-order valence-corrected chi connectivity index (χ1v) is 13.4. The third kappa shape index (κ3) is 6.12. The summed E-state index contributed by atoms with van der Waals surface area (Å²) in [6.45, 7) is 6.87. The van der Waals surface area contributed by atoms with Gasteiger partial charge in [-0.3, -0.25) is 9.36 Å². The Kier molecular flexibility index (Phi) is 10.1. The van der Waals surface area contributed by atoms with Crippen LogP contribution in [0.3, 0.4) is 0 Å². The Morgan fingerprint density at radius 3 is 2.39 bits per heavy atom. The third-order valence-electron chi connectivity index (χ3n) is 6.24. The summed E-state index contributed by atoms with van der Waals surface area (Å²) < 4.78 is 3.72. The summed E-state index contributed by atoms with van der Waals surface area (Å²) in [4.78, 5) is 34.3. The second-order valence-corrected chi connectivity index (χ2v) is 10.6. The van der Waals surface area contributed by atoms with E-state index < -0.39 is 6.04 Å². The van der Waals surface area contributed by atoms with Crippen molar-refractivity contribution in [2.75, 3.05) is 13.1 Å². The first kappa shape index (κ1) is 29.8. The highest BCUT2D eigenvalue weighted by Crippen LogP contribution is 2.31. The van der Waals surface area contributed by atoms with Crippen molar-refractivity contribution in [3.63, 3.8) is 0 Å². The number of rotatable bonds is 9. The summed E-state index contributed by atoms with van der Waals surface area (Å²) in [7, 11) is 0. The highest BCUT2D eigenvalue weighted by molar-refractivity contribution is 9.10. The number of halogens is 3. The van der Waals surface area contributed by atoms with E-state index in [0.29, 0.717) is 41.6 Å². The number of benzene rings is 2. The summed E-state index contributed by atoms with van der Waals surface area (Å²) in [5, 5.41) is 4.65. The molecule has 0 saturated carbocycles. The van der Waals surface area contributed by atoms with Gasteiger partial charge >= 0.3 is 5.69 Å². The van der Waals surface area contributed by atoms with E-state index >= 15 is 0 Å². The lowest BCUT2D eigenvalue weighted by Gasteiger charge is -2.35. The number of amides is 1. The molecule has 2 heterocycles. The zero-order valence-electron chi connectivity index (χ0n) is 21.5. The van der Waals surface area contributed by atoms with Gasteiger partial charge in [-0.1, -0.05) is 71.7 Å². The van der Waals surface area contributed by atoms with Crippen molar-refractivity contribution in [2.45, 2.75) is 39.8 Å². The molecule has 4 aromatic rings. The zero-order chi connectivity index (χ0) is 26.7. The van der Waals surface area contributed by atoms with E-state index in [4.69, 9.17) is 22.3 Å². The molecule has 0 saturated heterocycles. The molecule has 4 rings (SSSR count). The van der Waals surface area contributed by atoms with Gasteiger partial charge in [0.2, 0.25) is 0 Å². The van der Waals surface area contributed by atoms with E-state index in [9.17, 15) is 9.59 Å². The number of nitrogens with two attached hydrogens (primary N) is 1. The number of nitrogens with zero attached hydrogens (tertiary/aromatic N) is 5. The third-order valence-corrected chi connectivity index (χ3v) is 7.22. The van der Waals surface area contributed by atoms with Gasteiger partial charge in [-0.05, 0) is 55.6 Å². The molecule has 0 radical (unpaired) electrons. The van der Waals surface area contributed by atoms with Crippen LogP contribution in [-0.4, -0.2) is 43.1 Å². The fourth-order valence-electron chi connectivity index (χ4n) is 4.43. The molecule has 2 aromatic heterocycles. The molecule has 0 aliphatic rings. The largest absolute Gasteiger partial charge is 0.352 e. The van der Waals surface area contributed by atoms with Crippen LogP contribution < -0.4 is 11.4 Å². The molecule has 202 valence electrons. The van der Waals surface area contributed by atoms with E-state index in [1.165, 1.54) is 4.52 Å². The molecule has 1 unspecified atom stereocenters. The minimum atomic E-state index is -0.518. The number of carbonyl (C=O) groups is 1. The lowest BCUT2D eigenvalue weighted by atomic mass is 9.99. The van der Waals surface area contributed by atoms with Crippen molar-refractivity contribution < 1.29 is 4.79 Å². The molecular weight excluding hydrogens is 591 g/mol. The van der Waals surface area contributed by atoms with Gasteiger partial charge in [0, 0.05) is 16.6 Å². The van der Waals surface area contributed by atoms with Crippen molar-refractivity contribution in [2.24, 2.45) is 11.7 Å². The predicted octanol–water partition coefficient (Wildman–Crippen LogP) is 5.27. The van der Waals surface area contributed by atoms with Gasteiger partial charge in [0.15, 0.2) is 5.65 Å². The van der Waals surface area contributed by atoms with E-state index in [1.54, 1.807) is 28.5 Å². The van der Waals surface area contributed by atoms with Crippen LogP contribution in [0.25, 0.3) is 5.65 Å². The van der Waals surface area contributed by atoms with Gasteiger partial charge < -0.3 is 10.6 Å². The molecule has 0 fully saturated rings. The molecule has 0 aliphatic carbocycles. The SMILES string of the molecule is Cc1nn2c(=O)n(Cc3ccccc3)c(C(C(C)C)N(CCCN)C(=O)c3ccc(Br)cc3)nc2c1Cl.Cl. The lowest BCUT2D eigenvalue weighted by molar-refractivity contribution is 0.0601. The van der Waals surface area contributed by atoms with Crippen LogP contribution in [-0.2, 0) is 6.54 Å². The van der Waals surface area contributed by atoms with Gasteiger partial charge in [0.25, 0.3) is 5.91 Å². The lowest BCUT2D eigenvalue weighted by Crippen LogP contribution is -2.43. The Bertz CT molecular complexity index is 1450. The zero-order valence-corrected chi connectivity index (χ0v) is 24.6. The van der Waals surface area contributed by atoms with E-state index in [-0.39, 0.29) is 42.1 Å². The van der Waals surface area contributed by atoms with Crippen molar-refractivity contribution in [3.05, 3.63) is 97.2 Å². The quantitative estimate of drug-likeness (QED) is 0.274. The molecule has 0 bridgehead atoms. The van der Waals surface area contributed by atoms with Gasteiger partial charge in [-0.2, -0.15) is 9.61 Å². The Balaban J connectivity index is 0.00000400. The fourth-order valence-corrected chi connectivity index (χ4v) is 4.86. The van der Waals surface area contributed by atoms with Crippen LogP contribution in [0.2, 0.25) is 5.02 Å². The van der Waals surface area contributed by atoms with Crippen molar-refractivity contribution in [1.29, 1.82) is 0 Å². The smallest absolute Gasteiger partial charge is 0.330 e. The molecule has 11 heteroatoms. The monoisotopic (exact) mass is 620 g/mol. The molecule has 2 N–H and O–H groups in total. The predicted molar refractivity (Wildman–Crippen MR) is 156 cm³/mol. The molecule has 38 heavy (non-hydrogen) atoms. The Hall–Kier alpha value is -2.72. The minimum Gasteiger partial charge on any atom is -0.330 e. The summed E-state index contributed by atoms with van der Waals surface area (Å²) in [6.07, 6.45) is 0.600. The number of carbonyl (C=O) groups excluding carboxylic acids is 1. The van der Waals surface area contributed by atoms with E-state index in [2.05, 4.69) is 21.0 Å². The first-order chi connectivity index (χ1) is 17.7. The number of aromatic nitrogens is 4. The summed E-state index contributed by atoms with van der Waals surface area (Å²) in [5.41, 5.74) is 7.77. The maximum absolute atomic E-state index is 13.9. The topological polar surface area (TPSA) is 98.5 Å². The summed E-state index contributed by atoms with van der Waals surface area (Å²) in [6, 6.07) is 16.4. The fraction of sp³-hybridized carbons (Fsp3) is 0.333. The van der Waals surface area contributed by atoms with E-state index in [1.807, 2.05) is 56.3 Å². The molecule has 2 aromatic carbocycles. The Labute approximate surface area is 241 Å². The molecular formula is C27H31BrCl2N6O2. The Morgan fingerprint density at radius 1 is 1.13 bits per heavy atom. The van der Waals surface area contributed by atoms with Crippen molar-refractivity contribution >= 4 is 51.5 Å². The number of hydrogen-bond acceptors (Lipinski definition) is 5. The molecule has 0 aliphatic heterocycles. The summed E-state index contributed by atoms with van der Waals surface area (Å²) in [5.74, 6) is 0.229. The minimum absolute atomic E-state index is 0. The van der Waals surface area contributed by atoms with Crippen LogP contribution in [0, 0.1) is 12.8 Å². The second kappa shape index (κ2) is 12.9. The van der Waals surface area contributed by atoms with Crippen LogP contribution in [0.5, 0.6) is 0 Å².